The highest BCUT2D eigenvalue weighted by molar-refractivity contribution is 7.22. The molecular weight excluding hydrogens is 416 g/mol. The summed E-state index contributed by atoms with van der Waals surface area (Å²) < 4.78 is 13.5. The molecule has 0 aliphatic carbocycles. The standard InChI is InChI=1S/C22H24N4O2S2/c1-4-28-15-6-7-16-18(13-15)29-21(23-16)25-9-11-26(12-10-25)22-24-19-17(27-3)8-5-14(2)20(19)30-22/h5-8,13H,4,9-12H2,1-3H3. The van der Waals surface area contributed by atoms with Gasteiger partial charge in [0.25, 0.3) is 0 Å². The molecular formula is C22H24N4O2S2. The number of hydrogen-bond donors (Lipinski definition) is 0. The normalized spacial score (nSPS) is 14.6. The Morgan fingerprint density at radius 1 is 0.967 bits per heavy atom. The molecule has 1 saturated heterocycles. The van der Waals surface area contributed by atoms with Crippen LogP contribution in [0.2, 0.25) is 0 Å². The summed E-state index contributed by atoms with van der Waals surface area (Å²) in [6.07, 6.45) is 0. The van der Waals surface area contributed by atoms with Crippen LogP contribution in [0.1, 0.15) is 12.5 Å². The summed E-state index contributed by atoms with van der Waals surface area (Å²) in [5.74, 6) is 1.75. The Morgan fingerprint density at radius 3 is 2.40 bits per heavy atom. The van der Waals surface area contributed by atoms with Gasteiger partial charge in [0, 0.05) is 26.2 Å². The molecule has 1 aliphatic heterocycles. The van der Waals surface area contributed by atoms with Gasteiger partial charge in [0.2, 0.25) is 0 Å². The lowest BCUT2D eigenvalue weighted by Gasteiger charge is -2.34. The number of ether oxygens (including phenoxy) is 2. The zero-order chi connectivity index (χ0) is 20.7. The van der Waals surface area contributed by atoms with Gasteiger partial charge in [-0.05, 0) is 43.7 Å². The van der Waals surface area contributed by atoms with E-state index >= 15 is 0 Å². The maximum absolute atomic E-state index is 5.63. The lowest BCUT2D eigenvalue weighted by atomic mass is 10.2. The maximum Gasteiger partial charge on any atom is 0.186 e. The Hall–Kier alpha value is -2.58. The van der Waals surface area contributed by atoms with Gasteiger partial charge in [0.15, 0.2) is 10.3 Å². The molecule has 2 aromatic heterocycles. The van der Waals surface area contributed by atoms with Crippen molar-refractivity contribution in [3.8, 4) is 11.5 Å². The average molecular weight is 441 g/mol. The summed E-state index contributed by atoms with van der Waals surface area (Å²) in [4.78, 5) is 14.5. The number of methoxy groups -OCH3 is 1. The van der Waals surface area contributed by atoms with Crippen LogP contribution in [0.3, 0.4) is 0 Å². The fraction of sp³-hybridized carbons (Fsp3) is 0.364. The Labute approximate surface area is 183 Å². The molecule has 0 spiro atoms. The average Bonchev–Trinajstić information content (AvgIpc) is 3.39. The lowest BCUT2D eigenvalue weighted by Crippen LogP contribution is -2.46. The van der Waals surface area contributed by atoms with Gasteiger partial charge in [0.1, 0.15) is 17.0 Å². The summed E-state index contributed by atoms with van der Waals surface area (Å²) in [5.41, 5.74) is 3.25. The number of nitrogens with zero attached hydrogens (tertiary/aromatic N) is 4. The number of benzene rings is 2. The van der Waals surface area contributed by atoms with Gasteiger partial charge in [0.05, 0.1) is 28.6 Å². The van der Waals surface area contributed by atoms with Gasteiger partial charge >= 0.3 is 0 Å². The number of aromatic nitrogens is 2. The zero-order valence-electron chi connectivity index (χ0n) is 17.3. The largest absolute Gasteiger partial charge is 0.494 e. The minimum Gasteiger partial charge on any atom is -0.494 e. The number of hydrogen-bond acceptors (Lipinski definition) is 8. The van der Waals surface area contributed by atoms with Gasteiger partial charge in [-0.1, -0.05) is 28.7 Å². The van der Waals surface area contributed by atoms with Crippen molar-refractivity contribution in [3.05, 3.63) is 35.9 Å². The van der Waals surface area contributed by atoms with E-state index in [1.54, 1.807) is 29.8 Å². The molecule has 5 rings (SSSR count). The van der Waals surface area contributed by atoms with E-state index < -0.39 is 0 Å². The van der Waals surface area contributed by atoms with E-state index in [9.17, 15) is 0 Å². The minimum absolute atomic E-state index is 0.677. The van der Waals surface area contributed by atoms with E-state index in [2.05, 4.69) is 28.9 Å². The van der Waals surface area contributed by atoms with E-state index in [0.29, 0.717) is 6.61 Å². The van der Waals surface area contributed by atoms with Crippen LogP contribution in [0.4, 0.5) is 10.3 Å². The summed E-state index contributed by atoms with van der Waals surface area (Å²) in [5, 5.41) is 2.16. The van der Waals surface area contributed by atoms with Gasteiger partial charge in [-0.2, -0.15) is 0 Å². The molecule has 2 aromatic carbocycles. The molecule has 1 fully saturated rings. The van der Waals surface area contributed by atoms with Crippen LogP contribution >= 0.6 is 22.7 Å². The Bertz CT molecular complexity index is 1190. The second kappa shape index (κ2) is 7.92. The first-order valence-electron chi connectivity index (χ1n) is 10.1. The van der Waals surface area contributed by atoms with Crippen molar-refractivity contribution in [1.82, 2.24) is 9.97 Å². The number of aryl methyl sites for hydroxylation is 1. The molecule has 0 amide bonds. The van der Waals surface area contributed by atoms with Crippen LogP contribution in [0.25, 0.3) is 20.4 Å². The Morgan fingerprint density at radius 2 is 1.70 bits per heavy atom. The molecule has 0 unspecified atom stereocenters. The first kappa shape index (κ1) is 19.4. The monoisotopic (exact) mass is 440 g/mol. The zero-order valence-corrected chi connectivity index (χ0v) is 19.0. The van der Waals surface area contributed by atoms with Gasteiger partial charge in [-0.25, -0.2) is 9.97 Å². The molecule has 3 heterocycles. The van der Waals surface area contributed by atoms with E-state index in [-0.39, 0.29) is 0 Å². The predicted molar refractivity (Wildman–Crippen MR) is 126 cm³/mol. The Balaban J connectivity index is 1.33. The van der Waals surface area contributed by atoms with Crippen molar-refractivity contribution in [3.63, 3.8) is 0 Å². The third-order valence-electron chi connectivity index (χ3n) is 5.39. The topological polar surface area (TPSA) is 50.7 Å². The summed E-state index contributed by atoms with van der Waals surface area (Å²) in [6.45, 7) is 8.55. The van der Waals surface area contributed by atoms with E-state index in [0.717, 1.165) is 59.0 Å². The number of thiazole rings is 2. The fourth-order valence-corrected chi connectivity index (χ4v) is 5.92. The van der Waals surface area contributed by atoms with Crippen LogP contribution in [-0.2, 0) is 0 Å². The first-order valence-corrected chi connectivity index (χ1v) is 11.8. The highest BCUT2D eigenvalue weighted by Gasteiger charge is 2.23. The first-order chi connectivity index (χ1) is 14.7. The SMILES string of the molecule is CCOc1ccc2nc(N3CCN(c4nc5c(OC)ccc(C)c5s4)CC3)sc2c1. The van der Waals surface area contributed by atoms with Crippen molar-refractivity contribution in [1.29, 1.82) is 0 Å². The molecule has 4 aromatic rings. The quantitative estimate of drug-likeness (QED) is 0.438. The van der Waals surface area contributed by atoms with Crippen LogP contribution < -0.4 is 19.3 Å². The van der Waals surface area contributed by atoms with Crippen molar-refractivity contribution in [2.45, 2.75) is 13.8 Å². The van der Waals surface area contributed by atoms with E-state index in [4.69, 9.17) is 19.4 Å². The molecule has 8 heteroatoms. The third-order valence-corrected chi connectivity index (χ3v) is 7.72. The molecule has 0 radical (unpaired) electrons. The smallest absolute Gasteiger partial charge is 0.186 e. The third kappa shape index (κ3) is 3.44. The van der Waals surface area contributed by atoms with Crippen molar-refractivity contribution < 1.29 is 9.47 Å². The Kier molecular flexibility index (Phi) is 5.12. The minimum atomic E-state index is 0.677. The van der Waals surface area contributed by atoms with E-state index in [1.807, 2.05) is 25.1 Å². The highest BCUT2D eigenvalue weighted by Crippen LogP contribution is 2.37. The van der Waals surface area contributed by atoms with Crippen LogP contribution in [-0.4, -0.2) is 49.9 Å². The van der Waals surface area contributed by atoms with Crippen LogP contribution in [0, 0.1) is 6.92 Å². The molecule has 156 valence electrons. The van der Waals surface area contributed by atoms with Crippen molar-refractivity contribution in [2.75, 3.05) is 49.7 Å². The lowest BCUT2D eigenvalue weighted by molar-refractivity contribution is 0.341. The van der Waals surface area contributed by atoms with E-state index in [1.165, 1.54) is 15.0 Å². The van der Waals surface area contributed by atoms with Gasteiger partial charge in [-0.15, -0.1) is 0 Å². The van der Waals surface area contributed by atoms with Gasteiger partial charge < -0.3 is 19.3 Å². The molecule has 0 atom stereocenters. The molecule has 1 aliphatic rings. The second-order valence-corrected chi connectivity index (χ2v) is 9.28. The van der Waals surface area contributed by atoms with Crippen molar-refractivity contribution in [2.24, 2.45) is 0 Å². The van der Waals surface area contributed by atoms with Crippen LogP contribution in [0.15, 0.2) is 30.3 Å². The molecule has 0 N–H and O–H groups in total. The molecule has 0 saturated carbocycles. The number of fused-ring (bicyclic) bond motifs is 2. The summed E-state index contributed by atoms with van der Waals surface area (Å²) in [6, 6.07) is 10.2. The summed E-state index contributed by atoms with van der Waals surface area (Å²) in [7, 11) is 1.71. The molecule has 30 heavy (non-hydrogen) atoms. The maximum atomic E-state index is 5.63. The van der Waals surface area contributed by atoms with Crippen LogP contribution in [0.5, 0.6) is 11.5 Å². The predicted octanol–water partition coefficient (Wildman–Crippen LogP) is 4.95. The number of rotatable bonds is 5. The number of piperazine rings is 1. The van der Waals surface area contributed by atoms with Gasteiger partial charge in [-0.3, -0.25) is 0 Å². The fourth-order valence-electron chi connectivity index (χ4n) is 3.77. The molecule has 6 nitrogen and oxygen atoms in total. The number of anilines is 2. The second-order valence-electron chi connectivity index (χ2n) is 7.29. The van der Waals surface area contributed by atoms with Crippen molar-refractivity contribution >= 4 is 53.4 Å². The highest BCUT2D eigenvalue weighted by atomic mass is 32.1. The summed E-state index contributed by atoms with van der Waals surface area (Å²) >= 11 is 3.49. The molecule has 0 bridgehead atoms.